The summed E-state index contributed by atoms with van der Waals surface area (Å²) in [6, 6.07) is 0. The number of nitrogens with zero attached hydrogens (tertiary/aromatic N) is 1. The molecule has 0 aliphatic carbocycles. The lowest BCUT2D eigenvalue weighted by molar-refractivity contribution is 0.0703. The number of likely N-dealkylation sites (N-methyl/N-ethyl adjacent to an activating group) is 1. The van der Waals surface area contributed by atoms with E-state index in [2.05, 4.69) is 0 Å². The molecule has 0 aliphatic heterocycles. The van der Waals surface area contributed by atoms with E-state index in [0.717, 1.165) is 0 Å². The van der Waals surface area contributed by atoms with Crippen LogP contribution in [0.4, 0.5) is 0 Å². The Labute approximate surface area is 60.1 Å². The van der Waals surface area contributed by atoms with Gasteiger partial charge in [-0.25, -0.2) is 0 Å². The number of hydrogen-bond acceptors (Lipinski definition) is 4. The molecule has 0 bridgehead atoms. The molecule has 1 atom stereocenters. The molecule has 10 heavy (non-hydrogen) atoms. The summed E-state index contributed by atoms with van der Waals surface area (Å²) in [6.45, 7) is 0.187. The molecule has 59 valence electrons. The van der Waals surface area contributed by atoms with Gasteiger partial charge in [0.05, 0.1) is 19.3 Å². The molecule has 0 aromatic heterocycles. The van der Waals surface area contributed by atoms with E-state index in [-0.39, 0.29) is 13.2 Å². The summed E-state index contributed by atoms with van der Waals surface area (Å²) in [7, 11) is 1.67. The van der Waals surface area contributed by atoms with Crippen molar-refractivity contribution in [1.29, 1.82) is 0 Å². The molecule has 4 heteroatoms. The van der Waals surface area contributed by atoms with Crippen LogP contribution in [0.1, 0.15) is 0 Å². The van der Waals surface area contributed by atoms with Gasteiger partial charge in [0, 0.05) is 6.54 Å². The van der Waals surface area contributed by atoms with Crippen LogP contribution < -0.4 is 0 Å². The fourth-order valence-corrected chi connectivity index (χ4v) is 0.592. The van der Waals surface area contributed by atoms with Crippen LogP contribution in [0.5, 0.6) is 0 Å². The van der Waals surface area contributed by atoms with Crippen molar-refractivity contribution in [2.45, 2.75) is 6.10 Å². The largest absolute Gasteiger partial charge is 0.394 e. The van der Waals surface area contributed by atoms with Gasteiger partial charge in [0.15, 0.2) is 0 Å². The summed E-state index contributed by atoms with van der Waals surface area (Å²) in [4.78, 5) is 11.4. The van der Waals surface area contributed by atoms with E-state index in [1.165, 1.54) is 0 Å². The zero-order valence-electron chi connectivity index (χ0n) is 5.95. The lowest BCUT2D eigenvalue weighted by atomic mass is 10.3. The highest BCUT2D eigenvalue weighted by Crippen LogP contribution is 1.85. The van der Waals surface area contributed by atoms with Gasteiger partial charge in [-0.2, -0.15) is 0 Å². The van der Waals surface area contributed by atoms with Gasteiger partial charge in [0.25, 0.3) is 0 Å². The standard InChI is InChI=1S/C6H12NO3/c1-7(2-3-8)4-6(10)5-9/h6,9-10H,2,4-5H2,1H3. The van der Waals surface area contributed by atoms with Gasteiger partial charge in [-0.15, -0.1) is 0 Å². The van der Waals surface area contributed by atoms with Crippen LogP contribution in [-0.2, 0) is 4.79 Å². The van der Waals surface area contributed by atoms with E-state index in [4.69, 9.17) is 10.2 Å². The maximum Gasteiger partial charge on any atom is 0.213 e. The van der Waals surface area contributed by atoms with Crippen LogP contribution in [0.25, 0.3) is 0 Å². The highest BCUT2D eigenvalue weighted by molar-refractivity contribution is 5.52. The van der Waals surface area contributed by atoms with Gasteiger partial charge >= 0.3 is 0 Å². The van der Waals surface area contributed by atoms with Crippen LogP contribution in [0, 0.1) is 0 Å². The summed E-state index contributed by atoms with van der Waals surface area (Å²) >= 11 is 0. The fraction of sp³-hybridized carbons (Fsp3) is 0.833. The third-order valence-electron chi connectivity index (χ3n) is 1.07. The zero-order chi connectivity index (χ0) is 7.98. The molecule has 0 aromatic carbocycles. The minimum atomic E-state index is -0.765. The number of hydrogen-bond donors (Lipinski definition) is 2. The maximum atomic E-state index is 9.77. The predicted octanol–water partition coefficient (Wildman–Crippen LogP) is -1.62. The molecule has 0 aliphatic rings. The predicted molar refractivity (Wildman–Crippen MR) is 36.3 cm³/mol. The Balaban J connectivity index is 3.35. The first kappa shape index (κ1) is 9.55. The highest BCUT2D eigenvalue weighted by atomic mass is 16.3. The topological polar surface area (TPSA) is 60.8 Å². The van der Waals surface area contributed by atoms with Crippen LogP contribution in [0.3, 0.4) is 0 Å². The molecule has 1 unspecified atom stereocenters. The molecule has 0 saturated heterocycles. The van der Waals surface area contributed by atoms with E-state index in [1.807, 2.05) is 0 Å². The second-order valence-corrected chi connectivity index (χ2v) is 2.18. The van der Waals surface area contributed by atoms with Gasteiger partial charge in [0.2, 0.25) is 6.29 Å². The molecular formula is C6H12NO3. The van der Waals surface area contributed by atoms with E-state index in [9.17, 15) is 4.79 Å². The lowest BCUT2D eigenvalue weighted by Crippen LogP contribution is -2.32. The summed E-state index contributed by atoms with van der Waals surface area (Å²) < 4.78 is 0. The Morgan fingerprint density at radius 2 is 2.30 bits per heavy atom. The Bertz CT molecular complexity index is 97.0. The van der Waals surface area contributed by atoms with Crippen LogP contribution in [0.2, 0.25) is 0 Å². The molecule has 4 nitrogen and oxygen atoms in total. The van der Waals surface area contributed by atoms with Crippen molar-refractivity contribution < 1.29 is 15.0 Å². The van der Waals surface area contributed by atoms with E-state index >= 15 is 0 Å². The van der Waals surface area contributed by atoms with E-state index in [0.29, 0.717) is 6.54 Å². The maximum absolute atomic E-state index is 9.77. The molecule has 0 amide bonds. The van der Waals surface area contributed by atoms with Gasteiger partial charge in [-0.1, -0.05) is 0 Å². The fourth-order valence-electron chi connectivity index (χ4n) is 0.592. The van der Waals surface area contributed by atoms with Crippen molar-refractivity contribution in [2.24, 2.45) is 0 Å². The average Bonchev–Trinajstić information content (AvgIpc) is 1.88. The molecule has 0 saturated carbocycles. The van der Waals surface area contributed by atoms with E-state index in [1.54, 1.807) is 18.2 Å². The smallest absolute Gasteiger partial charge is 0.213 e. The van der Waals surface area contributed by atoms with Crippen molar-refractivity contribution in [2.75, 3.05) is 26.7 Å². The number of carbonyl (C=O) groups excluding carboxylic acids is 1. The van der Waals surface area contributed by atoms with Crippen LogP contribution in [-0.4, -0.2) is 54.2 Å². The summed E-state index contributed by atoms with van der Waals surface area (Å²) in [6.07, 6.45) is 0.915. The van der Waals surface area contributed by atoms with Crippen LogP contribution >= 0.6 is 0 Å². The first-order valence-corrected chi connectivity index (χ1v) is 3.03. The molecule has 0 aromatic rings. The normalized spacial score (nSPS) is 13.6. The van der Waals surface area contributed by atoms with Crippen molar-refractivity contribution in [3.05, 3.63) is 0 Å². The Morgan fingerprint density at radius 3 is 2.70 bits per heavy atom. The van der Waals surface area contributed by atoms with E-state index < -0.39 is 6.10 Å². The molecular weight excluding hydrogens is 134 g/mol. The second-order valence-electron chi connectivity index (χ2n) is 2.18. The van der Waals surface area contributed by atoms with Crippen LogP contribution in [0.15, 0.2) is 0 Å². The molecule has 0 spiro atoms. The molecule has 2 N–H and O–H groups in total. The Hall–Kier alpha value is -0.450. The van der Waals surface area contributed by atoms with Gasteiger partial charge in [-0.3, -0.25) is 9.69 Å². The average molecular weight is 146 g/mol. The first-order valence-electron chi connectivity index (χ1n) is 3.03. The zero-order valence-corrected chi connectivity index (χ0v) is 5.95. The number of rotatable bonds is 5. The molecule has 0 fully saturated rings. The van der Waals surface area contributed by atoms with Gasteiger partial charge in [0.1, 0.15) is 0 Å². The molecule has 0 heterocycles. The van der Waals surface area contributed by atoms with Gasteiger partial charge in [-0.05, 0) is 7.05 Å². The third-order valence-corrected chi connectivity index (χ3v) is 1.07. The quantitative estimate of drug-likeness (QED) is 0.489. The summed E-state index contributed by atoms with van der Waals surface area (Å²) in [5.74, 6) is 0. The second kappa shape index (κ2) is 5.34. The summed E-state index contributed by atoms with van der Waals surface area (Å²) in [5, 5.41) is 17.2. The van der Waals surface area contributed by atoms with Crippen molar-refractivity contribution >= 4 is 6.29 Å². The number of aliphatic hydroxyl groups excluding tert-OH is 2. The molecule has 0 rings (SSSR count). The third kappa shape index (κ3) is 4.43. The lowest BCUT2D eigenvalue weighted by Gasteiger charge is -2.15. The van der Waals surface area contributed by atoms with Crippen molar-refractivity contribution in [3.8, 4) is 0 Å². The van der Waals surface area contributed by atoms with Crippen molar-refractivity contribution in [1.82, 2.24) is 4.90 Å². The Morgan fingerprint density at radius 1 is 1.70 bits per heavy atom. The van der Waals surface area contributed by atoms with Gasteiger partial charge < -0.3 is 10.2 Å². The monoisotopic (exact) mass is 146 g/mol. The minimum absolute atomic E-state index is 0.164. The summed E-state index contributed by atoms with van der Waals surface area (Å²) in [5.41, 5.74) is 0. The highest BCUT2D eigenvalue weighted by Gasteiger charge is 2.05. The minimum Gasteiger partial charge on any atom is -0.394 e. The Kier molecular flexibility index (Phi) is 5.10. The van der Waals surface area contributed by atoms with Crippen molar-refractivity contribution in [3.63, 3.8) is 0 Å². The number of aliphatic hydroxyl groups is 2. The SMILES string of the molecule is CN(C[C]=O)CC(O)CO. The molecule has 1 radical (unpaired) electrons. The first-order chi connectivity index (χ1) is 4.70.